The van der Waals surface area contributed by atoms with Crippen molar-refractivity contribution in [3.8, 4) is 0 Å². The molecule has 106 valence electrons. The molecule has 0 fully saturated rings. The average Bonchev–Trinajstić information content (AvgIpc) is 2.38. The van der Waals surface area contributed by atoms with Gasteiger partial charge in [0.2, 0.25) is 10.0 Å². The van der Waals surface area contributed by atoms with E-state index in [9.17, 15) is 13.2 Å². The van der Waals surface area contributed by atoms with Gasteiger partial charge in [0.1, 0.15) is 10.0 Å². The zero-order valence-corrected chi connectivity index (χ0v) is 12.6. The van der Waals surface area contributed by atoms with E-state index in [4.69, 9.17) is 23.2 Å². The first kappa shape index (κ1) is 16.2. The van der Waals surface area contributed by atoms with Gasteiger partial charge in [0.25, 0.3) is 0 Å². The first-order valence-electron chi connectivity index (χ1n) is 5.13. The van der Waals surface area contributed by atoms with E-state index in [-0.39, 0.29) is 28.0 Å². The first-order chi connectivity index (χ1) is 8.78. The summed E-state index contributed by atoms with van der Waals surface area (Å²) in [6, 6.07) is 1.21. The molecular weight excluding hydrogens is 315 g/mol. The van der Waals surface area contributed by atoms with E-state index < -0.39 is 16.0 Å². The Kier molecular flexibility index (Phi) is 5.54. The van der Waals surface area contributed by atoms with E-state index in [1.165, 1.54) is 20.2 Å². The highest BCUT2D eigenvalue weighted by atomic mass is 35.5. The number of carbonyl (C=O) groups excluding carboxylic acids is 1. The Balaban J connectivity index is 2.90. The number of esters is 1. The molecule has 0 bridgehead atoms. The molecule has 0 N–H and O–H groups in total. The molecule has 9 heteroatoms. The second kappa shape index (κ2) is 6.51. The van der Waals surface area contributed by atoms with E-state index in [2.05, 4.69) is 9.72 Å². The van der Waals surface area contributed by atoms with Crippen molar-refractivity contribution in [3.63, 3.8) is 0 Å². The number of carbonyl (C=O) groups is 1. The van der Waals surface area contributed by atoms with Gasteiger partial charge in [-0.1, -0.05) is 23.2 Å². The summed E-state index contributed by atoms with van der Waals surface area (Å²) in [5.41, 5.74) is 0. The molecule has 1 heterocycles. The molecule has 1 aromatic rings. The van der Waals surface area contributed by atoms with E-state index >= 15 is 0 Å². The highest BCUT2D eigenvalue weighted by Gasteiger charge is 2.22. The van der Waals surface area contributed by atoms with Gasteiger partial charge in [0.15, 0.2) is 0 Å². The maximum Gasteiger partial charge on any atom is 0.306 e. The molecule has 0 aliphatic heterocycles. The molecule has 6 nitrogen and oxygen atoms in total. The lowest BCUT2D eigenvalue weighted by molar-refractivity contribution is -0.140. The molecule has 0 aliphatic carbocycles. The molecule has 0 aromatic carbocycles. The Morgan fingerprint density at radius 1 is 1.47 bits per heavy atom. The summed E-state index contributed by atoms with van der Waals surface area (Å²) in [5.74, 6) is -0.491. The van der Waals surface area contributed by atoms with E-state index in [1.807, 2.05) is 0 Å². The lowest BCUT2D eigenvalue weighted by atomic mass is 10.4. The van der Waals surface area contributed by atoms with Crippen molar-refractivity contribution in [2.45, 2.75) is 11.3 Å². The van der Waals surface area contributed by atoms with Gasteiger partial charge in [-0.3, -0.25) is 4.79 Å². The fourth-order valence-corrected chi connectivity index (χ4v) is 2.67. The van der Waals surface area contributed by atoms with Crippen LogP contribution >= 0.6 is 23.2 Å². The molecule has 1 aromatic heterocycles. The number of hydrogen-bond donors (Lipinski definition) is 0. The van der Waals surface area contributed by atoms with Crippen LogP contribution in [0.25, 0.3) is 0 Å². The van der Waals surface area contributed by atoms with Crippen molar-refractivity contribution in [2.24, 2.45) is 0 Å². The minimum absolute atomic E-state index is 0.00471. The number of ether oxygens (including phenoxy) is 1. The monoisotopic (exact) mass is 326 g/mol. The van der Waals surface area contributed by atoms with Crippen LogP contribution in [0.4, 0.5) is 0 Å². The summed E-state index contributed by atoms with van der Waals surface area (Å²) in [4.78, 5) is 14.6. The highest BCUT2D eigenvalue weighted by Crippen LogP contribution is 2.23. The van der Waals surface area contributed by atoms with E-state index in [0.29, 0.717) is 0 Å². The van der Waals surface area contributed by atoms with Crippen LogP contribution in [0.1, 0.15) is 6.42 Å². The van der Waals surface area contributed by atoms with Crippen LogP contribution < -0.4 is 0 Å². The number of methoxy groups -OCH3 is 1. The number of halogens is 2. The molecule has 19 heavy (non-hydrogen) atoms. The van der Waals surface area contributed by atoms with Crippen molar-refractivity contribution >= 4 is 39.2 Å². The first-order valence-corrected chi connectivity index (χ1v) is 7.33. The topological polar surface area (TPSA) is 76.6 Å². The van der Waals surface area contributed by atoms with Crippen LogP contribution in [0, 0.1) is 0 Å². The van der Waals surface area contributed by atoms with Crippen molar-refractivity contribution in [1.82, 2.24) is 9.29 Å². The SMILES string of the molecule is COC(=O)CCN(C)S(=O)(=O)c1cnc(Cl)c(Cl)c1. The van der Waals surface area contributed by atoms with Gasteiger partial charge in [0, 0.05) is 19.8 Å². The molecule has 0 unspecified atom stereocenters. The van der Waals surface area contributed by atoms with Crippen molar-refractivity contribution in [1.29, 1.82) is 0 Å². The maximum absolute atomic E-state index is 12.1. The lowest BCUT2D eigenvalue weighted by Gasteiger charge is -2.16. The fraction of sp³-hybridized carbons (Fsp3) is 0.400. The summed E-state index contributed by atoms with van der Waals surface area (Å²) in [6.07, 6.45) is 1.07. The molecule has 0 saturated carbocycles. The predicted octanol–water partition coefficient (Wildman–Crippen LogP) is 1.57. The van der Waals surface area contributed by atoms with Crippen LogP contribution in [-0.4, -0.2) is 44.4 Å². The molecule has 0 atom stereocenters. The Bertz CT molecular complexity index is 577. The standard InChI is InChI=1S/C10H12Cl2N2O4S/c1-14(4-3-9(15)18-2)19(16,17)7-5-8(11)10(12)13-6-7/h5-6H,3-4H2,1-2H3. The molecule has 0 saturated heterocycles. The summed E-state index contributed by atoms with van der Waals surface area (Å²) in [6.45, 7) is -0.00471. The zero-order valence-electron chi connectivity index (χ0n) is 10.3. The average molecular weight is 327 g/mol. The Hall–Kier alpha value is -0.890. The van der Waals surface area contributed by atoms with Crippen LogP contribution in [0.5, 0.6) is 0 Å². The van der Waals surface area contributed by atoms with Gasteiger partial charge in [-0.05, 0) is 6.07 Å². The summed E-state index contributed by atoms with van der Waals surface area (Å²) >= 11 is 11.3. The van der Waals surface area contributed by atoms with Gasteiger partial charge in [-0.25, -0.2) is 17.7 Å². The second-order valence-corrected chi connectivity index (χ2v) is 6.41. The summed E-state index contributed by atoms with van der Waals surface area (Å²) in [7, 11) is -1.18. The van der Waals surface area contributed by atoms with Gasteiger partial charge in [-0.2, -0.15) is 0 Å². The number of rotatable bonds is 5. The zero-order chi connectivity index (χ0) is 14.6. The van der Waals surface area contributed by atoms with Gasteiger partial charge in [0.05, 0.1) is 18.6 Å². The molecule has 1 rings (SSSR count). The van der Waals surface area contributed by atoms with Gasteiger partial charge in [-0.15, -0.1) is 0 Å². The highest BCUT2D eigenvalue weighted by molar-refractivity contribution is 7.89. The van der Waals surface area contributed by atoms with Crippen LogP contribution in [-0.2, 0) is 19.6 Å². The second-order valence-electron chi connectivity index (χ2n) is 3.60. The normalized spacial score (nSPS) is 11.6. The number of nitrogens with zero attached hydrogens (tertiary/aromatic N) is 2. The third-order valence-electron chi connectivity index (χ3n) is 2.34. The third-order valence-corrected chi connectivity index (χ3v) is 4.85. The Labute approximate surface area is 121 Å². The molecule has 0 radical (unpaired) electrons. The van der Waals surface area contributed by atoms with Crippen LogP contribution in [0.2, 0.25) is 10.2 Å². The number of pyridine rings is 1. The predicted molar refractivity (Wildman–Crippen MR) is 70.7 cm³/mol. The largest absolute Gasteiger partial charge is 0.469 e. The number of hydrogen-bond acceptors (Lipinski definition) is 5. The lowest BCUT2D eigenvalue weighted by Crippen LogP contribution is -2.29. The van der Waals surface area contributed by atoms with E-state index in [1.54, 1.807) is 0 Å². The van der Waals surface area contributed by atoms with Crippen molar-refractivity contribution in [3.05, 3.63) is 22.4 Å². The van der Waals surface area contributed by atoms with E-state index in [0.717, 1.165) is 10.5 Å². The van der Waals surface area contributed by atoms with Crippen molar-refractivity contribution in [2.75, 3.05) is 20.7 Å². The summed E-state index contributed by atoms with van der Waals surface area (Å²) in [5, 5.41) is 0.0712. The molecule has 0 amide bonds. The smallest absolute Gasteiger partial charge is 0.306 e. The van der Waals surface area contributed by atoms with Crippen molar-refractivity contribution < 1.29 is 17.9 Å². The Morgan fingerprint density at radius 2 is 2.11 bits per heavy atom. The maximum atomic E-state index is 12.1. The summed E-state index contributed by atoms with van der Waals surface area (Å²) < 4.78 is 29.7. The minimum atomic E-state index is -3.76. The number of sulfonamides is 1. The van der Waals surface area contributed by atoms with Gasteiger partial charge >= 0.3 is 5.97 Å². The van der Waals surface area contributed by atoms with Gasteiger partial charge < -0.3 is 4.74 Å². The molecule has 0 aliphatic rings. The quantitative estimate of drug-likeness (QED) is 0.606. The Morgan fingerprint density at radius 3 is 2.63 bits per heavy atom. The molecular formula is C10H12Cl2N2O4S. The third kappa shape index (κ3) is 4.04. The molecule has 0 spiro atoms. The van der Waals surface area contributed by atoms with Crippen LogP contribution in [0.3, 0.4) is 0 Å². The number of aromatic nitrogens is 1. The van der Waals surface area contributed by atoms with Crippen LogP contribution in [0.15, 0.2) is 17.2 Å². The minimum Gasteiger partial charge on any atom is -0.469 e. The fourth-order valence-electron chi connectivity index (χ4n) is 1.20.